The fourth-order valence-electron chi connectivity index (χ4n) is 1.53. The minimum atomic E-state index is 0.551. The highest BCUT2D eigenvalue weighted by atomic mass is 14.9. The molecule has 0 aromatic rings. The molecular formula is C11H23N. The van der Waals surface area contributed by atoms with Crippen molar-refractivity contribution in [3.63, 3.8) is 0 Å². The number of hydrogen-bond acceptors (Lipinski definition) is 1. The van der Waals surface area contributed by atoms with Gasteiger partial charge in [0.1, 0.15) is 0 Å². The summed E-state index contributed by atoms with van der Waals surface area (Å²) in [6.07, 6.45) is 4.89. The fourth-order valence-corrected chi connectivity index (χ4v) is 1.53. The smallest absolute Gasteiger partial charge is 0.0275 e. The van der Waals surface area contributed by atoms with Crippen LogP contribution in [-0.4, -0.2) is 13.1 Å². The highest BCUT2D eigenvalue weighted by molar-refractivity contribution is 5.02. The van der Waals surface area contributed by atoms with E-state index < -0.39 is 0 Å². The van der Waals surface area contributed by atoms with Crippen LogP contribution in [-0.2, 0) is 0 Å². The fraction of sp³-hybridized carbons (Fsp3) is 0.818. The van der Waals surface area contributed by atoms with Crippen molar-refractivity contribution in [2.24, 2.45) is 5.92 Å². The summed E-state index contributed by atoms with van der Waals surface area (Å²) in [6, 6.07) is 0.551. The van der Waals surface area contributed by atoms with Crippen molar-refractivity contribution in [2.75, 3.05) is 7.05 Å². The Morgan fingerprint density at radius 2 is 2.00 bits per heavy atom. The summed E-state index contributed by atoms with van der Waals surface area (Å²) in [6.45, 7) is 8.86. The zero-order chi connectivity index (χ0) is 9.56. The molecular weight excluding hydrogens is 146 g/mol. The molecule has 1 heteroatoms. The molecule has 0 saturated heterocycles. The lowest BCUT2D eigenvalue weighted by Gasteiger charge is -2.20. The molecule has 2 atom stereocenters. The van der Waals surface area contributed by atoms with Gasteiger partial charge in [0.2, 0.25) is 0 Å². The van der Waals surface area contributed by atoms with E-state index in [2.05, 4.69) is 39.1 Å². The number of hydrogen-bond donors (Lipinski definition) is 1. The molecule has 0 aromatic carbocycles. The summed E-state index contributed by atoms with van der Waals surface area (Å²) in [5, 5.41) is 3.34. The van der Waals surface area contributed by atoms with Crippen LogP contribution in [0.25, 0.3) is 0 Å². The molecule has 0 spiro atoms. The monoisotopic (exact) mass is 169 g/mol. The van der Waals surface area contributed by atoms with Crippen molar-refractivity contribution in [2.45, 2.75) is 46.6 Å². The number of rotatable bonds is 5. The van der Waals surface area contributed by atoms with Crippen LogP contribution in [0.1, 0.15) is 40.5 Å². The summed E-state index contributed by atoms with van der Waals surface area (Å²) in [5.74, 6) is 0.745. The van der Waals surface area contributed by atoms with E-state index in [1.54, 1.807) is 0 Å². The molecule has 0 saturated carbocycles. The normalized spacial score (nSPS) is 15.4. The van der Waals surface area contributed by atoms with Crippen LogP contribution in [0.3, 0.4) is 0 Å². The molecule has 0 radical (unpaired) electrons. The van der Waals surface area contributed by atoms with Gasteiger partial charge in [0.15, 0.2) is 0 Å². The molecule has 0 heterocycles. The maximum absolute atomic E-state index is 3.34. The molecule has 1 nitrogen and oxygen atoms in total. The van der Waals surface area contributed by atoms with Crippen molar-refractivity contribution in [1.82, 2.24) is 5.32 Å². The second kappa shape index (κ2) is 6.24. The third-order valence-electron chi connectivity index (χ3n) is 2.20. The molecule has 0 rings (SSSR count). The molecule has 0 aliphatic rings. The van der Waals surface area contributed by atoms with Gasteiger partial charge in [-0.1, -0.05) is 31.9 Å². The highest BCUT2D eigenvalue weighted by Gasteiger charge is 2.10. The molecule has 0 aromatic heterocycles. The largest absolute Gasteiger partial charge is 0.313 e. The van der Waals surface area contributed by atoms with E-state index in [9.17, 15) is 0 Å². The Hall–Kier alpha value is -0.300. The van der Waals surface area contributed by atoms with E-state index in [4.69, 9.17) is 0 Å². The van der Waals surface area contributed by atoms with Crippen LogP contribution in [0.2, 0.25) is 0 Å². The first kappa shape index (κ1) is 11.7. The Balaban J connectivity index is 4.05. The molecule has 0 bridgehead atoms. The molecule has 72 valence electrons. The van der Waals surface area contributed by atoms with Crippen LogP contribution in [0.15, 0.2) is 11.6 Å². The lowest BCUT2D eigenvalue weighted by Crippen LogP contribution is -2.30. The Bertz CT molecular complexity index is 134. The second-order valence-corrected chi connectivity index (χ2v) is 3.82. The molecule has 12 heavy (non-hydrogen) atoms. The minimum absolute atomic E-state index is 0.551. The average Bonchev–Trinajstić information content (AvgIpc) is 2.00. The van der Waals surface area contributed by atoms with Gasteiger partial charge in [0.05, 0.1) is 0 Å². The van der Waals surface area contributed by atoms with E-state index >= 15 is 0 Å². The zero-order valence-corrected chi connectivity index (χ0v) is 9.15. The van der Waals surface area contributed by atoms with Crippen LogP contribution in [0.5, 0.6) is 0 Å². The third kappa shape index (κ3) is 4.55. The predicted octanol–water partition coefficient (Wildman–Crippen LogP) is 2.98. The summed E-state index contributed by atoms with van der Waals surface area (Å²) >= 11 is 0. The SMILES string of the molecule is CCCC(C)C(C=C(C)C)NC. The molecule has 0 amide bonds. The Labute approximate surface area is 77.2 Å². The Morgan fingerprint density at radius 1 is 1.42 bits per heavy atom. The van der Waals surface area contributed by atoms with Gasteiger partial charge < -0.3 is 5.32 Å². The number of allylic oxidation sites excluding steroid dienone is 1. The average molecular weight is 169 g/mol. The topological polar surface area (TPSA) is 12.0 Å². The molecule has 1 N–H and O–H groups in total. The minimum Gasteiger partial charge on any atom is -0.313 e. The van der Waals surface area contributed by atoms with Gasteiger partial charge in [-0.25, -0.2) is 0 Å². The van der Waals surface area contributed by atoms with Crippen molar-refractivity contribution in [1.29, 1.82) is 0 Å². The predicted molar refractivity (Wildman–Crippen MR) is 56.4 cm³/mol. The van der Waals surface area contributed by atoms with Crippen molar-refractivity contribution < 1.29 is 0 Å². The van der Waals surface area contributed by atoms with E-state index in [1.807, 2.05) is 7.05 Å². The third-order valence-corrected chi connectivity index (χ3v) is 2.20. The van der Waals surface area contributed by atoms with E-state index in [0.717, 1.165) is 5.92 Å². The van der Waals surface area contributed by atoms with Gasteiger partial charge >= 0.3 is 0 Å². The molecule has 2 unspecified atom stereocenters. The van der Waals surface area contributed by atoms with Crippen LogP contribution in [0, 0.1) is 5.92 Å². The first-order valence-electron chi connectivity index (χ1n) is 4.94. The number of nitrogens with one attached hydrogen (secondary N) is 1. The highest BCUT2D eigenvalue weighted by Crippen LogP contribution is 2.12. The van der Waals surface area contributed by atoms with E-state index in [1.165, 1.54) is 18.4 Å². The maximum Gasteiger partial charge on any atom is 0.0275 e. The van der Waals surface area contributed by atoms with Gasteiger partial charge in [0.25, 0.3) is 0 Å². The van der Waals surface area contributed by atoms with Gasteiger partial charge in [-0.3, -0.25) is 0 Å². The van der Waals surface area contributed by atoms with Crippen LogP contribution in [0.4, 0.5) is 0 Å². The summed E-state index contributed by atoms with van der Waals surface area (Å²) in [7, 11) is 2.04. The van der Waals surface area contributed by atoms with Gasteiger partial charge in [0, 0.05) is 6.04 Å². The summed E-state index contributed by atoms with van der Waals surface area (Å²) in [5.41, 5.74) is 1.40. The molecule has 0 fully saturated rings. The van der Waals surface area contributed by atoms with Gasteiger partial charge in [-0.2, -0.15) is 0 Å². The van der Waals surface area contributed by atoms with E-state index in [-0.39, 0.29) is 0 Å². The molecule has 0 aliphatic heterocycles. The van der Waals surface area contributed by atoms with E-state index in [0.29, 0.717) is 6.04 Å². The zero-order valence-electron chi connectivity index (χ0n) is 9.15. The summed E-state index contributed by atoms with van der Waals surface area (Å²) in [4.78, 5) is 0. The second-order valence-electron chi connectivity index (χ2n) is 3.82. The Kier molecular flexibility index (Phi) is 6.09. The van der Waals surface area contributed by atoms with Crippen LogP contribution >= 0.6 is 0 Å². The lowest BCUT2D eigenvalue weighted by atomic mass is 9.95. The molecule has 0 aliphatic carbocycles. The first-order chi connectivity index (χ1) is 5.61. The van der Waals surface area contributed by atoms with Crippen molar-refractivity contribution >= 4 is 0 Å². The quantitative estimate of drug-likeness (QED) is 0.624. The van der Waals surface area contributed by atoms with Crippen molar-refractivity contribution in [3.8, 4) is 0 Å². The van der Waals surface area contributed by atoms with Crippen molar-refractivity contribution in [3.05, 3.63) is 11.6 Å². The number of likely N-dealkylation sites (N-methyl/N-ethyl adjacent to an activating group) is 1. The lowest BCUT2D eigenvalue weighted by molar-refractivity contribution is 0.427. The van der Waals surface area contributed by atoms with Gasteiger partial charge in [-0.05, 0) is 33.2 Å². The Morgan fingerprint density at radius 3 is 2.33 bits per heavy atom. The standard InChI is InChI=1S/C11H23N/c1-6-7-10(4)11(12-5)8-9(2)3/h8,10-12H,6-7H2,1-5H3. The first-order valence-corrected chi connectivity index (χ1v) is 4.94. The van der Waals surface area contributed by atoms with Crippen LogP contribution < -0.4 is 5.32 Å². The summed E-state index contributed by atoms with van der Waals surface area (Å²) < 4.78 is 0. The maximum atomic E-state index is 3.34. The van der Waals surface area contributed by atoms with Gasteiger partial charge in [-0.15, -0.1) is 0 Å².